The number of esters is 1. The maximum absolute atomic E-state index is 12.6. The van der Waals surface area contributed by atoms with Gasteiger partial charge in [-0.15, -0.1) is 11.8 Å². The first kappa shape index (κ1) is 18.8. The predicted octanol–water partition coefficient (Wildman–Crippen LogP) is 3.69. The van der Waals surface area contributed by atoms with Crippen molar-refractivity contribution in [2.45, 2.75) is 62.5 Å². The Hall–Kier alpha value is -1.49. The number of amides is 1. The van der Waals surface area contributed by atoms with Crippen molar-refractivity contribution in [2.24, 2.45) is 0 Å². The van der Waals surface area contributed by atoms with Crippen LogP contribution in [0.4, 0.5) is 0 Å². The Balaban J connectivity index is 1.95. The molecule has 2 rings (SSSR count). The van der Waals surface area contributed by atoms with Gasteiger partial charge in [0.2, 0.25) is 5.91 Å². The fourth-order valence-corrected chi connectivity index (χ4v) is 3.86. The molecule has 0 saturated heterocycles. The van der Waals surface area contributed by atoms with Crippen LogP contribution in [0.1, 0.15) is 51.5 Å². The van der Waals surface area contributed by atoms with E-state index in [4.69, 9.17) is 4.74 Å². The molecule has 1 aromatic rings. The highest BCUT2D eigenvalue weighted by molar-refractivity contribution is 7.99. The summed E-state index contributed by atoms with van der Waals surface area (Å²) >= 11 is 1.59. The van der Waals surface area contributed by atoms with Crippen LogP contribution in [0.5, 0.6) is 0 Å². The Morgan fingerprint density at radius 3 is 2.50 bits per heavy atom. The lowest BCUT2D eigenvalue weighted by molar-refractivity contribution is -0.155. The van der Waals surface area contributed by atoms with Gasteiger partial charge in [-0.25, -0.2) is 4.79 Å². The zero-order valence-corrected chi connectivity index (χ0v) is 15.4. The van der Waals surface area contributed by atoms with Gasteiger partial charge in [-0.05, 0) is 32.3 Å². The number of ether oxygens (including phenoxy) is 1. The Labute approximate surface area is 148 Å². The van der Waals surface area contributed by atoms with Crippen LogP contribution in [0.2, 0.25) is 0 Å². The summed E-state index contributed by atoms with van der Waals surface area (Å²) in [6.45, 7) is 4.04. The third-order valence-corrected chi connectivity index (χ3v) is 5.66. The normalized spacial score (nSPS) is 17.8. The molecule has 1 aliphatic carbocycles. The third-order valence-electron chi connectivity index (χ3n) is 4.45. The molecule has 1 aromatic carbocycles. The zero-order chi connectivity index (χ0) is 17.4. The Bertz CT molecular complexity index is 541. The van der Waals surface area contributed by atoms with Crippen LogP contribution in [0.15, 0.2) is 30.3 Å². The van der Waals surface area contributed by atoms with Crippen LogP contribution in [-0.2, 0) is 20.1 Å². The average Bonchev–Trinajstić information content (AvgIpc) is 2.61. The minimum atomic E-state index is -0.826. The zero-order valence-electron chi connectivity index (χ0n) is 14.5. The maximum atomic E-state index is 12.6. The van der Waals surface area contributed by atoms with Crippen LogP contribution >= 0.6 is 11.8 Å². The highest BCUT2D eigenvalue weighted by Gasteiger charge is 2.42. The van der Waals surface area contributed by atoms with Crippen molar-refractivity contribution in [3.63, 3.8) is 0 Å². The topological polar surface area (TPSA) is 55.4 Å². The molecule has 0 bridgehead atoms. The summed E-state index contributed by atoms with van der Waals surface area (Å²) in [5, 5.41) is 2.81. The Morgan fingerprint density at radius 2 is 1.88 bits per heavy atom. The summed E-state index contributed by atoms with van der Waals surface area (Å²) in [7, 11) is 0. The first-order valence-corrected chi connectivity index (χ1v) is 9.77. The number of benzene rings is 1. The molecule has 4 nitrogen and oxygen atoms in total. The summed E-state index contributed by atoms with van der Waals surface area (Å²) in [5.74, 6) is 0.422. The minimum Gasteiger partial charge on any atom is -0.464 e. The van der Waals surface area contributed by atoms with E-state index in [1.807, 2.05) is 25.1 Å². The largest absolute Gasteiger partial charge is 0.464 e. The van der Waals surface area contributed by atoms with E-state index in [9.17, 15) is 9.59 Å². The molecule has 0 aromatic heterocycles. The van der Waals surface area contributed by atoms with E-state index in [2.05, 4.69) is 17.4 Å². The van der Waals surface area contributed by atoms with Gasteiger partial charge in [-0.3, -0.25) is 4.79 Å². The molecule has 0 radical (unpaired) electrons. The highest BCUT2D eigenvalue weighted by Crippen LogP contribution is 2.30. The van der Waals surface area contributed by atoms with Crippen molar-refractivity contribution in [1.82, 2.24) is 5.32 Å². The van der Waals surface area contributed by atoms with E-state index in [-0.39, 0.29) is 17.1 Å². The lowest BCUT2D eigenvalue weighted by Gasteiger charge is -2.36. The van der Waals surface area contributed by atoms with E-state index in [0.29, 0.717) is 19.4 Å². The Morgan fingerprint density at radius 1 is 1.21 bits per heavy atom. The van der Waals surface area contributed by atoms with Gasteiger partial charge in [0.05, 0.1) is 11.9 Å². The summed E-state index contributed by atoms with van der Waals surface area (Å²) in [4.78, 5) is 25.0. The lowest BCUT2D eigenvalue weighted by atomic mass is 9.81. The molecule has 0 aliphatic heterocycles. The van der Waals surface area contributed by atoms with Gasteiger partial charge < -0.3 is 10.1 Å². The molecule has 5 heteroatoms. The van der Waals surface area contributed by atoms with Crippen molar-refractivity contribution in [3.05, 3.63) is 35.9 Å². The first-order valence-electron chi connectivity index (χ1n) is 8.72. The predicted molar refractivity (Wildman–Crippen MR) is 97.8 cm³/mol. The molecule has 1 amide bonds. The average molecular weight is 349 g/mol. The standard InChI is InChI=1S/C19H27NO3S/c1-3-23-18(22)19(12-8-5-9-13-19)20-17(21)15(2)24-14-16-10-6-4-7-11-16/h4,6-7,10-11,15H,3,5,8-9,12-14H2,1-2H3,(H,20,21). The Kier molecular flexibility index (Phi) is 7.16. The molecule has 1 N–H and O–H groups in total. The minimum absolute atomic E-state index is 0.0779. The number of carbonyl (C=O) groups is 2. The quantitative estimate of drug-likeness (QED) is 0.763. The van der Waals surface area contributed by atoms with Gasteiger partial charge in [0, 0.05) is 5.75 Å². The van der Waals surface area contributed by atoms with Crippen molar-refractivity contribution in [3.8, 4) is 0 Å². The molecular formula is C19H27NO3S. The van der Waals surface area contributed by atoms with Crippen molar-refractivity contribution in [1.29, 1.82) is 0 Å². The molecule has 1 saturated carbocycles. The molecule has 1 atom stereocenters. The SMILES string of the molecule is CCOC(=O)C1(NC(=O)C(C)SCc2ccccc2)CCCCC1. The van der Waals surface area contributed by atoms with Crippen LogP contribution in [0, 0.1) is 0 Å². The second-order valence-electron chi connectivity index (χ2n) is 6.29. The van der Waals surface area contributed by atoms with E-state index >= 15 is 0 Å². The van der Waals surface area contributed by atoms with Crippen molar-refractivity contribution < 1.29 is 14.3 Å². The summed E-state index contributed by atoms with van der Waals surface area (Å²) < 4.78 is 5.23. The molecule has 132 valence electrons. The monoisotopic (exact) mass is 349 g/mol. The molecule has 1 aliphatic rings. The number of carbonyl (C=O) groups excluding carboxylic acids is 2. The molecule has 1 unspecified atom stereocenters. The lowest BCUT2D eigenvalue weighted by Crippen LogP contribution is -2.57. The molecule has 0 heterocycles. The maximum Gasteiger partial charge on any atom is 0.331 e. The van der Waals surface area contributed by atoms with Crippen LogP contribution < -0.4 is 5.32 Å². The fourth-order valence-electron chi connectivity index (χ4n) is 3.01. The van der Waals surface area contributed by atoms with Crippen LogP contribution in [-0.4, -0.2) is 29.3 Å². The van der Waals surface area contributed by atoms with E-state index in [0.717, 1.165) is 25.0 Å². The van der Waals surface area contributed by atoms with Crippen molar-refractivity contribution >= 4 is 23.6 Å². The summed E-state index contributed by atoms with van der Waals surface area (Å²) in [6.07, 6.45) is 4.35. The third kappa shape index (κ3) is 5.00. The number of hydrogen-bond acceptors (Lipinski definition) is 4. The smallest absolute Gasteiger partial charge is 0.331 e. The van der Waals surface area contributed by atoms with E-state index in [1.54, 1.807) is 18.7 Å². The van der Waals surface area contributed by atoms with Crippen LogP contribution in [0.25, 0.3) is 0 Å². The molecular weight excluding hydrogens is 322 g/mol. The number of rotatable bonds is 7. The van der Waals surface area contributed by atoms with Gasteiger partial charge in [0.15, 0.2) is 0 Å². The van der Waals surface area contributed by atoms with E-state index < -0.39 is 5.54 Å². The van der Waals surface area contributed by atoms with Gasteiger partial charge >= 0.3 is 5.97 Å². The summed E-state index contributed by atoms with van der Waals surface area (Å²) in [5.41, 5.74) is 0.368. The molecule has 1 fully saturated rings. The molecule has 24 heavy (non-hydrogen) atoms. The fraction of sp³-hybridized carbons (Fsp3) is 0.579. The van der Waals surface area contributed by atoms with Crippen LogP contribution in [0.3, 0.4) is 0 Å². The van der Waals surface area contributed by atoms with E-state index in [1.165, 1.54) is 5.56 Å². The highest BCUT2D eigenvalue weighted by atomic mass is 32.2. The van der Waals surface area contributed by atoms with Gasteiger partial charge in [0.1, 0.15) is 5.54 Å². The number of nitrogens with one attached hydrogen (secondary N) is 1. The molecule has 0 spiro atoms. The second-order valence-corrected chi connectivity index (χ2v) is 7.62. The van der Waals surface area contributed by atoms with Gasteiger partial charge in [-0.2, -0.15) is 0 Å². The number of thioether (sulfide) groups is 1. The van der Waals surface area contributed by atoms with Gasteiger partial charge in [-0.1, -0.05) is 49.6 Å². The first-order chi connectivity index (χ1) is 11.6. The second kappa shape index (κ2) is 9.11. The van der Waals surface area contributed by atoms with Gasteiger partial charge in [0.25, 0.3) is 0 Å². The number of hydrogen-bond donors (Lipinski definition) is 1. The summed E-state index contributed by atoms with van der Waals surface area (Å²) in [6, 6.07) is 10.1. The van der Waals surface area contributed by atoms with Crippen molar-refractivity contribution in [2.75, 3.05) is 6.61 Å².